The van der Waals surface area contributed by atoms with Gasteiger partial charge in [-0.2, -0.15) is 0 Å². The van der Waals surface area contributed by atoms with Gasteiger partial charge < -0.3 is 20.1 Å². The van der Waals surface area contributed by atoms with Crippen molar-refractivity contribution in [1.82, 2.24) is 10.6 Å². The molecule has 0 unspecified atom stereocenters. The predicted molar refractivity (Wildman–Crippen MR) is 114 cm³/mol. The molecule has 0 saturated heterocycles. The molecule has 0 heterocycles. The van der Waals surface area contributed by atoms with Crippen LogP contribution in [0.4, 0.5) is 0 Å². The fourth-order valence-electron chi connectivity index (χ4n) is 3.19. The summed E-state index contributed by atoms with van der Waals surface area (Å²) in [5.74, 6) is 2.35. The summed E-state index contributed by atoms with van der Waals surface area (Å²) in [6, 6.07) is 5.89. The Labute approximate surface area is 169 Å². The summed E-state index contributed by atoms with van der Waals surface area (Å²) >= 11 is 0. The minimum atomic E-state index is 0. The van der Waals surface area contributed by atoms with Crippen LogP contribution < -0.4 is 20.1 Å². The van der Waals surface area contributed by atoms with E-state index in [9.17, 15) is 0 Å². The number of rotatable bonds is 8. The van der Waals surface area contributed by atoms with Crippen LogP contribution in [0.1, 0.15) is 45.1 Å². The molecule has 0 spiro atoms. The van der Waals surface area contributed by atoms with Crippen molar-refractivity contribution in [2.45, 2.75) is 46.1 Å². The Bertz CT molecular complexity index is 554. The highest BCUT2D eigenvalue weighted by Gasteiger charge is 2.34. The number of ether oxygens (including phenoxy) is 2. The van der Waals surface area contributed by atoms with Crippen molar-refractivity contribution in [3.63, 3.8) is 0 Å². The highest BCUT2D eigenvalue weighted by Crippen LogP contribution is 2.43. The highest BCUT2D eigenvalue weighted by molar-refractivity contribution is 14.0. The van der Waals surface area contributed by atoms with Crippen molar-refractivity contribution in [3.05, 3.63) is 23.8 Å². The number of methoxy groups -OCH3 is 2. The van der Waals surface area contributed by atoms with E-state index < -0.39 is 0 Å². The molecule has 1 aromatic carbocycles. The molecular weight excluding hydrogens is 429 g/mol. The molecule has 0 radical (unpaired) electrons. The van der Waals surface area contributed by atoms with Gasteiger partial charge in [0, 0.05) is 18.7 Å². The second-order valence-electron chi connectivity index (χ2n) is 6.41. The molecule has 1 aliphatic rings. The molecule has 1 aliphatic carbocycles. The number of hydrogen-bond donors (Lipinski definition) is 2. The maximum absolute atomic E-state index is 5.48. The SMILES string of the molecule is CCNC(=NCc1cccc(OC)c1OC)NCC1(CC)CCC1.I. The van der Waals surface area contributed by atoms with Crippen LogP contribution in [0.15, 0.2) is 23.2 Å². The van der Waals surface area contributed by atoms with Gasteiger partial charge in [-0.1, -0.05) is 25.5 Å². The van der Waals surface area contributed by atoms with Crippen LogP contribution in [0.2, 0.25) is 0 Å². The number of nitrogens with zero attached hydrogens (tertiary/aromatic N) is 1. The summed E-state index contributed by atoms with van der Waals surface area (Å²) in [5, 5.41) is 6.85. The van der Waals surface area contributed by atoms with Crippen LogP contribution in [0.5, 0.6) is 11.5 Å². The zero-order valence-corrected chi connectivity index (χ0v) is 18.2. The lowest BCUT2D eigenvalue weighted by Gasteiger charge is -2.41. The first-order valence-electron chi connectivity index (χ1n) is 8.90. The second kappa shape index (κ2) is 10.7. The van der Waals surface area contributed by atoms with E-state index in [-0.39, 0.29) is 24.0 Å². The van der Waals surface area contributed by atoms with Gasteiger partial charge in [-0.15, -0.1) is 24.0 Å². The maximum atomic E-state index is 5.48. The standard InChI is InChI=1S/C19H31N3O2.HI/c1-5-19(11-8-12-19)14-22-18(20-6-2)21-13-15-9-7-10-16(23-3)17(15)24-4;/h7,9-10H,5-6,8,11-14H2,1-4H3,(H2,20,21,22);1H. The average molecular weight is 461 g/mol. The Morgan fingerprint density at radius 3 is 2.44 bits per heavy atom. The molecule has 1 aromatic rings. The normalized spacial score (nSPS) is 15.6. The Balaban J connectivity index is 0.00000312. The third-order valence-corrected chi connectivity index (χ3v) is 5.03. The van der Waals surface area contributed by atoms with Crippen molar-refractivity contribution < 1.29 is 9.47 Å². The molecule has 0 aromatic heterocycles. The Morgan fingerprint density at radius 1 is 1.16 bits per heavy atom. The molecule has 1 saturated carbocycles. The van der Waals surface area contributed by atoms with E-state index in [4.69, 9.17) is 14.5 Å². The van der Waals surface area contributed by atoms with Gasteiger partial charge in [0.2, 0.25) is 0 Å². The number of halogens is 1. The molecule has 142 valence electrons. The van der Waals surface area contributed by atoms with E-state index in [1.54, 1.807) is 14.2 Å². The summed E-state index contributed by atoms with van der Waals surface area (Å²) < 4.78 is 10.8. The molecule has 0 amide bonds. The first-order chi connectivity index (χ1) is 11.7. The molecule has 25 heavy (non-hydrogen) atoms. The monoisotopic (exact) mass is 461 g/mol. The van der Waals surface area contributed by atoms with E-state index in [0.29, 0.717) is 12.0 Å². The molecular formula is C19H32IN3O2. The first-order valence-corrected chi connectivity index (χ1v) is 8.90. The number of nitrogens with one attached hydrogen (secondary N) is 2. The van der Waals surface area contributed by atoms with E-state index >= 15 is 0 Å². The number of aliphatic imine (C=N–C) groups is 1. The molecule has 2 rings (SSSR count). The van der Waals surface area contributed by atoms with Crippen molar-refractivity contribution in [2.75, 3.05) is 27.3 Å². The molecule has 2 N–H and O–H groups in total. The molecule has 1 fully saturated rings. The molecule has 5 nitrogen and oxygen atoms in total. The third kappa shape index (κ3) is 5.66. The summed E-state index contributed by atoms with van der Waals surface area (Å²) in [4.78, 5) is 4.72. The van der Waals surface area contributed by atoms with Crippen molar-refractivity contribution >= 4 is 29.9 Å². The summed E-state index contributed by atoms with van der Waals surface area (Å²) in [6.07, 6.45) is 5.21. The molecule has 0 bridgehead atoms. The van der Waals surface area contributed by atoms with E-state index in [2.05, 4.69) is 24.5 Å². The quantitative estimate of drug-likeness (QED) is 0.350. The number of benzene rings is 1. The average Bonchev–Trinajstić information content (AvgIpc) is 2.58. The Hall–Kier alpha value is -1.18. The van der Waals surface area contributed by atoms with Crippen LogP contribution >= 0.6 is 24.0 Å². The van der Waals surface area contributed by atoms with Crippen molar-refractivity contribution in [1.29, 1.82) is 0 Å². The van der Waals surface area contributed by atoms with E-state index in [1.807, 2.05) is 18.2 Å². The lowest BCUT2D eigenvalue weighted by molar-refractivity contribution is 0.131. The van der Waals surface area contributed by atoms with Gasteiger partial charge in [0.15, 0.2) is 17.5 Å². The van der Waals surface area contributed by atoms with Crippen LogP contribution in [0.25, 0.3) is 0 Å². The smallest absolute Gasteiger partial charge is 0.191 e. The van der Waals surface area contributed by atoms with Crippen molar-refractivity contribution in [2.24, 2.45) is 10.4 Å². The predicted octanol–water partition coefficient (Wildman–Crippen LogP) is 3.96. The third-order valence-electron chi connectivity index (χ3n) is 5.03. The Kier molecular flexibility index (Phi) is 9.38. The first kappa shape index (κ1) is 21.9. The van der Waals surface area contributed by atoms with Crippen LogP contribution in [-0.2, 0) is 6.54 Å². The zero-order chi connectivity index (χ0) is 17.4. The second-order valence-corrected chi connectivity index (χ2v) is 6.41. The zero-order valence-electron chi connectivity index (χ0n) is 15.9. The van der Waals surface area contributed by atoms with Crippen molar-refractivity contribution in [3.8, 4) is 11.5 Å². The minimum Gasteiger partial charge on any atom is -0.493 e. The van der Waals surface area contributed by atoms with Gasteiger partial charge in [-0.05, 0) is 37.7 Å². The van der Waals surface area contributed by atoms with E-state index in [0.717, 1.165) is 36.1 Å². The van der Waals surface area contributed by atoms with Gasteiger partial charge in [-0.3, -0.25) is 0 Å². The number of para-hydroxylation sites is 1. The summed E-state index contributed by atoms with van der Waals surface area (Å²) in [5.41, 5.74) is 1.48. The van der Waals surface area contributed by atoms with Crippen LogP contribution in [-0.4, -0.2) is 33.3 Å². The van der Waals surface area contributed by atoms with Crippen LogP contribution in [0.3, 0.4) is 0 Å². The number of hydrogen-bond acceptors (Lipinski definition) is 3. The molecule has 0 atom stereocenters. The van der Waals surface area contributed by atoms with Gasteiger partial charge in [0.25, 0.3) is 0 Å². The van der Waals surface area contributed by atoms with Gasteiger partial charge >= 0.3 is 0 Å². The summed E-state index contributed by atoms with van der Waals surface area (Å²) in [6.45, 7) is 6.76. The van der Waals surface area contributed by atoms with E-state index in [1.165, 1.54) is 25.7 Å². The fraction of sp³-hybridized carbons (Fsp3) is 0.632. The van der Waals surface area contributed by atoms with Gasteiger partial charge in [0.05, 0.1) is 20.8 Å². The van der Waals surface area contributed by atoms with Gasteiger partial charge in [-0.25, -0.2) is 4.99 Å². The molecule has 6 heteroatoms. The van der Waals surface area contributed by atoms with Crippen LogP contribution in [0, 0.1) is 5.41 Å². The lowest BCUT2D eigenvalue weighted by atomic mass is 9.67. The van der Waals surface area contributed by atoms with Gasteiger partial charge in [0.1, 0.15) is 0 Å². The lowest BCUT2D eigenvalue weighted by Crippen LogP contribution is -2.46. The maximum Gasteiger partial charge on any atom is 0.191 e. The minimum absolute atomic E-state index is 0. The number of guanidine groups is 1. The Morgan fingerprint density at radius 2 is 1.92 bits per heavy atom. The largest absolute Gasteiger partial charge is 0.493 e. The summed E-state index contributed by atoms with van der Waals surface area (Å²) in [7, 11) is 3.31. The molecule has 0 aliphatic heterocycles. The topological polar surface area (TPSA) is 54.9 Å². The highest BCUT2D eigenvalue weighted by atomic mass is 127. The fourth-order valence-corrected chi connectivity index (χ4v) is 3.19.